The second-order valence-corrected chi connectivity index (χ2v) is 5.53. The molecule has 6 heteroatoms. The van der Waals surface area contributed by atoms with Crippen molar-refractivity contribution in [3.05, 3.63) is 75.3 Å². The summed E-state index contributed by atoms with van der Waals surface area (Å²) in [5.41, 5.74) is 1.13. The predicted octanol–water partition coefficient (Wildman–Crippen LogP) is 4.10. The van der Waals surface area contributed by atoms with E-state index in [1.807, 2.05) is 24.3 Å². The number of allylic oxidation sites excluding steroid dienone is 1. The lowest BCUT2D eigenvalue weighted by atomic mass is 10.1. The fourth-order valence-electron chi connectivity index (χ4n) is 2.01. The highest BCUT2D eigenvalue weighted by Crippen LogP contribution is 2.23. The third kappa shape index (κ3) is 2.77. The van der Waals surface area contributed by atoms with E-state index in [2.05, 4.69) is 4.98 Å². The van der Waals surface area contributed by atoms with Gasteiger partial charge < -0.3 is 0 Å². The molecule has 0 bridgehead atoms. The summed E-state index contributed by atoms with van der Waals surface area (Å²) in [5.74, 6) is -0.264. The normalized spacial score (nSPS) is 11.1. The molecule has 0 unspecified atom stereocenters. The second kappa shape index (κ2) is 5.87. The van der Waals surface area contributed by atoms with Gasteiger partial charge in [-0.3, -0.25) is 14.9 Å². The molecule has 3 aromatic rings. The van der Waals surface area contributed by atoms with E-state index < -0.39 is 4.92 Å². The van der Waals surface area contributed by atoms with Gasteiger partial charge in [0.25, 0.3) is 5.69 Å². The molecule has 0 N–H and O–H groups in total. The highest BCUT2D eigenvalue weighted by Gasteiger charge is 2.12. The molecule has 0 aliphatic carbocycles. The lowest BCUT2D eigenvalue weighted by Gasteiger charge is -1.95. The monoisotopic (exact) mass is 310 g/mol. The summed E-state index contributed by atoms with van der Waals surface area (Å²) in [6.45, 7) is 0. The van der Waals surface area contributed by atoms with Crippen LogP contribution in [0.15, 0.2) is 54.6 Å². The number of carbonyl (C=O) groups is 1. The Bertz CT molecular complexity index is 866. The Morgan fingerprint density at radius 3 is 2.64 bits per heavy atom. The molecule has 1 heterocycles. The molecule has 1 aromatic heterocycles. The maximum atomic E-state index is 12.2. The van der Waals surface area contributed by atoms with Crippen LogP contribution in [0.3, 0.4) is 0 Å². The minimum absolute atomic E-state index is 0.0316. The summed E-state index contributed by atoms with van der Waals surface area (Å²) in [4.78, 5) is 26.9. The highest BCUT2D eigenvalue weighted by molar-refractivity contribution is 7.20. The maximum absolute atomic E-state index is 12.2. The summed E-state index contributed by atoms with van der Waals surface area (Å²) in [6.07, 6.45) is 2.77. The van der Waals surface area contributed by atoms with Crippen LogP contribution in [-0.4, -0.2) is 15.7 Å². The summed E-state index contributed by atoms with van der Waals surface area (Å²) in [7, 11) is 0. The van der Waals surface area contributed by atoms with Gasteiger partial charge in [-0.25, -0.2) is 4.98 Å². The van der Waals surface area contributed by atoms with Crippen molar-refractivity contribution in [2.24, 2.45) is 0 Å². The number of ketones is 1. The molecule has 0 saturated heterocycles. The number of carbonyl (C=O) groups excluding carboxylic acids is 1. The summed E-state index contributed by atoms with van der Waals surface area (Å²) in [6, 6.07) is 13.8. The number of nitro groups is 1. The fourth-order valence-corrected chi connectivity index (χ4v) is 2.89. The van der Waals surface area contributed by atoms with Gasteiger partial charge in [0.05, 0.1) is 20.7 Å². The van der Waals surface area contributed by atoms with E-state index in [1.54, 1.807) is 18.2 Å². The van der Waals surface area contributed by atoms with Crippen LogP contribution in [0.25, 0.3) is 16.3 Å². The van der Waals surface area contributed by atoms with Crippen molar-refractivity contribution < 1.29 is 9.72 Å². The molecule has 0 amide bonds. The largest absolute Gasteiger partial charge is 0.287 e. The molecule has 0 aliphatic heterocycles. The van der Waals surface area contributed by atoms with E-state index in [4.69, 9.17) is 0 Å². The number of nitro benzene ring substituents is 1. The molecule has 0 atom stereocenters. The van der Waals surface area contributed by atoms with Gasteiger partial charge in [0, 0.05) is 6.07 Å². The Morgan fingerprint density at radius 1 is 1.14 bits per heavy atom. The Kier molecular flexibility index (Phi) is 3.76. The third-order valence-electron chi connectivity index (χ3n) is 3.05. The Balaban J connectivity index is 1.89. The SMILES string of the molecule is O=C(/C=C/c1ccccc1[N+](=O)[O-])c1nc2ccccc2s1. The number of para-hydroxylation sites is 2. The first-order chi connectivity index (χ1) is 10.6. The molecule has 0 radical (unpaired) electrons. The molecule has 2 aromatic carbocycles. The van der Waals surface area contributed by atoms with Gasteiger partial charge in [0.1, 0.15) is 0 Å². The molecule has 0 saturated carbocycles. The number of rotatable bonds is 4. The van der Waals surface area contributed by atoms with Crippen molar-refractivity contribution in [2.45, 2.75) is 0 Å². The van der Waals surface area contributed by atoms with Crippen LogP contribution in [0.2, 0.25) is 0 Å². The standard InChI is InChI=1S/C16H10N2O3S/c19-14(16-17-12-6-2-4-8-15(12)22-16)10-9-11-5-1-3-7-13(11)18(20)21/h1-10H/b10-9+. The van der Waals surface area contributed by atoms with Crippen LogP contribution in [0.1, 0.15) is 15.4 Å². The Morgan fingerprint density at radius 2 is 1.86 bits per heavy atom. The van der Waals surface area contributed by atoms with E-state index in [9.17, 15) is 14.9 Å². The van der Waals surface area contributed by atoms with Crippen LogP contribution < -0.4 is 0 Å². The van der Waals surface area contributed by atoms with Crippen LogP contribution >= 0.6 is 11.3 Å². The molecule has 108 valence electrons. The first kappa shape index (κ1) is 14.1. The zero-order valence-electron chi connectivity index (χ0n) is 11.3. The smallest absolute Gasteiger partial charge is 0.276 e. The van der Waals surface area contributed by atoms with Gasteiger partial charge in [-0.2, -0.15) is 0 Å². The fraction of sp³-hybridized carbons (Fsp3) is 0. The summed E-state index contributed by atoms with van der Waals surface area (Å²) >= 11 is 1.31. The molecular formula is C16H10N2O3S. The van der Waals surface area contributed by atoms with E-state index in [0.717, 1.165) is 10.2 Å². The van der Waals surface area contributed by atoms with Crippen molar-refractivity contribution in [3.8, 4) is 0 Å². The van der Waals surface area contributed by atoms with E-state index in [-0.39, 0.29) is 11.5 Å². The van der Waals surface area contributed by atoms with Gasteiger partial charge in [-0.05, 0) is 30.4 Å². The van der Waals surface area contributed by atoms with Crippen LogP contribution in [0.5, 0.6) is 0 Å². The molecule has 3 rings (SSSR count). The Labute approximate surface area is 129 Å². The molecule has 22 heavy (non-hydrogen) atoms. The van der Waals surface area contributed by atoms with Gasteiger partial charge in [-0.15, -0.1) is 11.3 Å². The van der Waals surface area contributed by atoms with E-state index in [0.29, 0.717) is 10.6 Å². The van der Waals surface area contributed by atoms with E-state index >= 15 is 0 Å². The minimum atomic E-state index is -0.470. The van der Waals surface area contributed by atoms with Crippen LogP contribution in [-0.2, 0) is 0 Å². The summed E-state index contributed by atoms with van der Waals surface area (Å²) < 4.78 is 0.935. The second-order valence-electron chi connectivity index (χ2n) is 4.50. The van der Waals surface area contributed by atoms with Gasteiger partial charge in [-0.1, -0.05) is 24.3 Å². The first-order valence-electron chi connectivity index (χ1n) is 6.46. The average molecular weight is 310 g/mol. The van der Waals surface area contributed by atoms with Crippen molar-refractivity contribution in [2.75, 3.05) is 0 Å². The zero-order valence-corrected chi connectivity index (χ0v) is 12.1. The Hall–Kier alpha value is -2.86. The number of benzene rings is 2. The quantitative estimate of drug-likeness (QED) is 0.315. The molecule has 0 fully saturated rings. The average Bonchev–Trinajstić information content (AvgIpc) is 2.97. The lowest BCUT2D eigenvalue weighted by Crippen LogP contribution is -1.94. The maximum Gasteiger partial charge on any atom is 0.276 e. The highest BCUT2D eigenvalue weighted by atomic mass is 32.1. The number of fused-ring (bicyclic) bond motifs is 1. The van der Waals surface area contributed by atoms with Gasteiger partial charge in [0.15, 0.2) is 5.01 Å². The number of thiazole rings is 1. The minimum Gasteiger partial charge on any atom is -0.287 e. The lowest BCUT2D eigenvalue weighted by molar-refractivity contribution is -0.385. The molecular weight excluding hydrogens is 300 g/mol. The van der Waals surface area contributed by atoms with Crippen molar-refractivity contribution >= 4 is 39.1 Å². The van der Waals surface area contributed by atoms with Crippen LogP contribution in [0, 0.1) is 10.1 Å². The first-order valence-corrected chi connectivity index (χ1v) is 7.28. The topological polar surface area (TPSA) is 73.1 Å². The number of nitrogens with zero attached hydrogens (tertiary/aromatic N) is 2. The van der Waals surface area contributed by atoms with E-state index in [1.165, 1.54) is 29.6 Å². The van der Waals surface area contributed by atoms with Crippen molar-refractivity contribution in [3.63, 3.8) is 0 Å². The predicted molar refractivity (Wildman–Crippen MR) is 86.1 cm³/mol. The van der Waals surface area contributed by atoms with Crippen molar-refractivity contribution in [1.82, 2.24) is 4.98 Å². The summed E-state index contributed by atoms with van der Waals surface area (Å²) in [5, 5.41) is 11.3. The van der Waals surface area contributed by atoms with Gasteiger partial charge >= 0.3 is 0 Å². The van der Waals surface area contributed by atoms with Gasteiger partial charge in [0.2, 0.25) is 5.78 Å². The third-order valence-corrected chi connectivity index (χ3v) is 4.10. The number of hydrogen-bond acceptors (Lipinski definition) is 5. The zero-order chi connectivity index (χ0) is 15.5. The molecule has 5 nitrogen and oxygen atoms in total. The molecule has 0 spiro atoms. The number of hydrogen-bond donors (Lipinski definition) is 0. The molecule has 0 aliphatic rings. The number of aromatic nitrogens is 1. The van der Waals surface area contributed by atoms with Crippen LogP contribution in [0.4, 0.5) is 5.69 Å². The van der Waals surface area contributed by atoms with Crippen molar-refractivity contribution in [1.29, 1.82) is 0 Å².